The number of hydrogen-bond acceptors (Lipinski definition) is 5. The molecule has 2 rings (SSSR count). The van der Waals surface area contributed by atoms with E-state index in [1.807, 2.05) is 0 Å². The average Bonchev–Trinajstić information content (AvgIpc) is 2.57. The Bertz CT molecular complexity index is 780. The van der Waals surface area contributed by atoms with E-state index in [-0.39, 0.29) is 24.7 Å². The van der Waals surface area contributed by atoms with Gasteiger partial charge in [0.2, 0.25) is 5.82 Å². The third-order valence-corrected chi connectivity index (χ3v) is 3.41. The number of amides is 1. The molecule has 2 aromatic carbocycles. The number of nitro groups is 1. The van der Waals surface area contributed by atoms with E-state index in [0.717, 1.165) is 11.6 Å². The summed E-state index contributed by atoms with van der Waals surface area (Å²) in [5, 5.41) is 13.8. The summed E-state index contributed by atoms with van der Waals surface area (Å²) in [4.78, 5) is 23.2. The molecule has 0 aliphatic carbocycles. The summed E-state index contributed by atoms with van der Waals surface area (Å²) >= 11 is 0. The molecule has 0 atom stereocenters. The summed E-state index contributed by atoms with van der Waals surface area (Å²) in [6.45, 7) is 0.155. The minimum atomic E-state index is -0.894. The van der Waals surface area contributed by atoms with Gasteiger partial charge in [0.25, 0.3) is 5.91 Å². The quantitative estimate of drug-likeness (QED) is 0.615. The molecule has 2 aromatic rings. The number of nitro benzene ring substituents is 1. The van der Waals surface area contributed by atoms with Crippen molar-refractivity contribution < 1.29 is 18.8 Å². The Morgan fingerprint density at radius 1 is 1.28 bits per heavy atom. The van der Waals surface area contributed by atoms with Crippen molar-refractivity contribution in [2.75, 3.05) is 26.0 Å². The van der Waals surface area contributed by atoms with Gasteiger partial charge in [-0.25, -0.2) is 0 Å². The van der Waals surface area contributed by atoms with Gasteiger partial charge in [-0.2, -0.15) is 4.39 Å². The van der Waals surface area contributed by atoms with Crippen molar-refractivity contribution in [3.05, 3.63) is 64.0 Å². The van der Waals surface area contributed by atoms with Gasteiger partial charge in [-0.15, -0.1) is 0 Å². The molecule has 25 heavy (non-hydrogen) atoms. The third-order valence-electron chi connectivity index (χ3n) is 3.41. The van der Waals surface area contributed by atoms with E-state index < -0.39 is 16.4 Å². The van der Waals surface area contributed by atoms with Crippen LogP contribution < -0.4 is 10.1 Å². The number of halogens is 1. The maximum atomic E-state index is 13.6. The zero-order chi connectivity index (χ0) is 18.4. The van der Waals surface area contributed by atoms with Crippen molar-refractivity contribution in [1.29, 1.82) is 0 Å². The maximum Gasteiger partial charge on any atom is 0.327 e. The van der Waals surface area contributed by atoms with Gasteiger partial charge in [-0.3, -0.25) is 14.9 Å². The molecule has 0 unspecified atom stereocenters. The van der Waals surface area contributed by atoms with Crippen molar-refractivity contribution >= 4 is 17.3 Å². The molecule has 132 valence electrons. The van der Waals surface area contributed by atoms with Gasteiger partial charge in [0.05, 0.1) is 4.92 Å². The second-order valence-corrected chi connectivity index (χ2v) is 5.47. The van der Waals surface area contributed by atoms with E-state index in [1.54, 1.807) is 38.4 Å². The number of para-hydroxylation sites is 1. The second-order valence-electron chi connectivity index (χ2n) is 5.47. The van der Waals surface area contributed by atoms with Crippen LogP contribution in [0.25, 0.3) is 0 Å². The summed E-state index contributed by atoms with van der Waals surface area (Å²) in [5.74, 6) is -0.559. The van der Waals surface area contributed by atoms with E-state index >= 15 is 0 Å². The highest BCUT2D eigenvalue weighted by atomic mass is 19.1. The number of likely N-dealkylation sites (N-methyl/N-ethyl adjacent to an activating group) is 1. The first-order chi connectivity index (χ1) is 11.9. The minimum absolute atomic E-state index is 0.0841. The predicted octanol–water partition coefficient (Wildman–Crippen LogP) is 2.81. The normalized spacial score (nSPS) is 10.2. The van der Waals surface area contributed by atoms with Crippen LogP contribution in [-0.2, 0) is 11.3 Å². The Morgan fingerprint density at radius 2 is 2.00 bits per heavy atom. The van der Waals surface area contributed by atoms with E-state index in [9.17, 15) is 19.3 Å². The van der Waals surface area contributed by atoms with Crippen LogP contribution in [0.15, 0.2) is 42.5 Å². The molecule has 0 aliphatic rings. The van der Waals surface area contributed by atoms with Crippen LogP contribution in [0.4, 0.5) is 15.8 Å². The van der Waals surface area contributed by atoms with Crippen LogP contribution in [0.5, 0.6) is 5.75 Å². The number of anilines is 1. The number of ether oxygens (including phenoxy) is 1. The van der Waals surface area contributed by atoms with Crippen molar-refractivity contribution in [3.63, 3.8) is 0 Å². The van der Waals surface area contributed by atoms with E-state index in [0.29, 0.717) is 5.75 Å². The molecule has 0 aliphatic heterocycles. The number of carbonyl (C=O) groups is 1. The SMILES string of the molecule is CN(C)C(=O)COc1cccc(CNc2cccc(F)c2[N+](=O)[O-])c1. The lowest BCUT2D eigenvalue weighted by Gasteiger charge is -2.12. The van der Waals surface area contributed by atoms with Gasteiger partial charge in [0.15, 0.2) is 6.61 Å². The predicted molar refractivity (Wildman–Crippen MR) is 91.0 cm³/mol. The van der Waals surface area contributed by atoms with Gasteiger partial charge < -0.3 is 15.0 Å². The largest absolute Gasteiger partial charge is 0.484 e. The Balaban J connectivity index is 2.05. The first-order valence-electron chi connectivity index (χ1n) is 7.47. The summed E-state index contributed by atoms with van der Waals surface area (Å²) in [5.41, 5.74) is 0.277. The molecular weight excluding hydrogens is 329 g/mol. The molecule has 0 aromatic heterocycles. The summed E-state index contributed by atoms with van der Waals surface area (Å²) in [7, 11) is 3.27. The Kier molecular flexibility index (Phi) is 5.89. The fraction of sp³-hybridized carbons (Fsp3) is 0.235. The first kappa shape index (κ1) is 18.2. The molecule has 1 amide bonds. The molecule has 8 heteroatoms. The smallest absolute Gasteiger partial charge is 0.327 e. The van der Waals surface area contributed by atoms with E-state index in [4.69, 9.17) is 4.74 Å². The molecule has 0 radical (unpaired) electrons. The molecule has 7 nitrogen and oxygen atoms in total. The highest BCUT2D eigenvalue weighted by Gasteiger charge is 2.19. The van der Waals surface area contributed by atoms with Gasteiger partial charge >= 0.3 is 5.69 Å². The summed E-state index contributed by atoms with van der Waals surface area (Å²) in [6, 6.07) is 10.8. The van der Waals surface area contributed by atoms with Crippen molar-refractivity contribution in [3.8, 4) is 5.75 Å². The topological polar surface area (TPSA) is 84.7 Å². The number of carbonyl (C=O) groups excluding carboxylic acids is 1. The van der Waals surface area contributed by atoms with Crippen LogP contribution in [0.1, 0.15) is 5.56 Å². The van der Waals surface area contributed by atoms with E-state index in [1.165, 1.54) is 17.0 Å². The van der Waals surface area contributed by atoms with Crippen molar-refractivity contribution in [2.45, 2.75) is 6.54 Å². The molecule has 1 N–H and O–H groups in total. The first-order valence-corrected chi connectivity index (χ1v) is 7.47. The lowest BCUT2D eigenvalue weighted by Crippen LogP contribution is -2.27. The summed E-state index contributed by atoms with van der Waals surface area (Å²) in [6.07, 6.45) is 0. The fourth-order valence-corrected chi connectivity index (χ4v) is 2.06. The molecule has 0 saturated carbocycles. The van der Waals surface area contributed by atoms with E-state index in [2.05, 4.69) is 5.32 Å². The fourth-order valence-electron chi connectivity index (χ4n) is 2.06. The highest BCUT2D eigenvalue weighted by molar-refractivity contribution is 5.77. The number of nitrogens with zero attached hydrogens (tertiary/aromatic N) is 2. The van der Waals surface area contributed by atoms with Crippen molar-refractivity contribution in [1.82, 2.24) is 4.90 Å². The number of hydrogen-bond donors (Lipinski definition) is 1. The maximum absolute atomic E-state index is 13.6. The second kappa shape index (κ2) is 8.09. The van der Waals surface area contributed by atoms with Crippen LogP contribution >= 0.6 is 0 Å². The van der Waals surface area contributed by atoms with Gasteiger partial charge in [-0.05, 0) is 29.8 Å². The number of benzene rings is 2. The zero-order valence-electron chi connectivity index (χ0n) is 13.9. The van der Waals surface area contributed by atoms with Gasteiger partial charge in [-0.1, -0.05) is 18.2 Å². The van der Waals surface area contributed by atoms with Gasteiger partial charge in [0.1, 0.15) is 11.4 Å². The Hall–Kier alpha value is -3.16. The molecule has 0 bridgehead atoms. The molecular formula is C17H18FN3O4. The van der Waals surface area contributed by atoms with Gasteiger partial charge in [0, 0.05) is 20.6 Å². The molecule has 0 saturated heterocycles. The van der Waals surface area contributed by atoms with Crippen LogP contribution in [0, 0.1) is 15.9 Å². The van der Waals surface area contributed by atoms with Crippen LogP contribution in [0.3, 0.4) is 0 Å². The average molecular weight is 347 g/mol. The lowest BCUT2D eigenvalue weighted by atomic mass is 10.2. The van der Waals surface area contributed by atoms with Crippen LogP contribution in [0.2, 0.25) is 0 Å². The Morgan fingerprint density at radius 3 is 2.68 bits per heavy atom. The lowest BCUT2D eigenvalue weighted by molar-refractivity contribution is -0.386. The molecule has 0 heterocycles. The minimum Gasteiger partial charge on any atom is -0.484 e. The zero-order valence-corrected chi connectivity index (χ0v) is 13.9. The third kappa shape index (κ3) is 4.90. The Labute approximate surface area is 144 Å². The monoisotopic (exact) mass is 347 g/mol. The molecule has 0 fully saturated rings. The molecule has 0 spiro atoms. The number of nitrogens with one attached hydrogen (secondary N) is 1. The summed E-state index contributed by atoms with van der Waals surface area (Å²) < 4.78 is 19.0. The van der Waals surface area contributed by atoms with Crippen LogP contribution in [-0.4, -0.2) is 36.4 Å². The number of rotatable bonds is 7. The van der Waals surface area contributed by atoms with Crippen molar-refractivity contribution in [2.24, 2.45) is 0 Å². The highest BCUT2D eigenvalue weighted by Crippen LogP contribution is 2.27. The standard InChI is InChI=1S/C17H18FN3O4/c1-20(2)16(22)11-25-13-6-3-5-12(9-13)10-19-15-8-4-7-14(18)17(15)21(23)24/h3-9,19H,10-11H2,1-2H3.